The quantitative estimate of drug-likeness (QED) is 0.338. The molecule has 2 heterocycles. The van der Waals surface area contributed by atoms with Crippen LogP contribution < -0.4 is 0 Å². The fourth-order valence-corrected chi connectivity index (χ4v) is 5.04. The molecule has 174 valence electrons. The predicted octanol–water partition coefficient (Wildman–Crippen LogP) is 5.66. The van der Waals surface area contributed by atoms with Crippen molar-refractivity contribution < 1.29 is 4.79 Å². The summed E-state index contributed by atoms with van der Waals surface area (Å²) in [6, 6.07) is 32.8. The maximum atomic E-state index is 13.6. The third kappa shape index (κ3) is 4.79. The Labute approximate surface area is 214 Å². The van der Waals surface area contributed by atoms with Crippen LogP contribution >= 0.6 is 15.9 Å². The average molecular weight is 525 g/mol. The van der Waals surface area contributed by atoms with Crippen LogP contribution in [0.1, 0.15) is 33.2 Å². The highest BCUT2D eigenvalue weighted by molar-refractivity contribution is 9.10. The third-order valence-electron chi connectivity index (χ3n) is 6.51. The number of hydrogen-bond acceptors (Lipinski definition) is 3. The van der Waals surface area contributed by atoms with E-state index in [1.54, 1.807) is 12.3 Å². The van der Waals surface area contributed by atoms with Gasteiger partial charge in [-0.1, -0.05) is 76.6 Å². The summed E-state index contributed by atoms with van der Waals surface area (Å²) in [5, 5.41) is 9.69. The maximum Gasteiger partial charge on any atom is 0.272 e. The number of carbonyl (C=O) groups excluding carboxylic acids is 1. The van der Waals surface area contributed by atoms with Gasteiger partial charge in [-0.05, 0) is 41.5 Å². The second kappa shape index (κ2) is 10.3. The number of nitrogens with zero attached hydrogens (tertiary/aromatic N) is 4. The van der Waals surface area contributed by atoms with E-state index in [-0.39, 0.29) is 11.9 Å². The average Bonchev–Trinajstić information content (AvgIpc) is 3.35. The molecule has 1 amide bonds. The number of aromatic nitrogens is 1. The Balaban J connectivity index is 1.38. The molecule has 0 radical (unpaired) electrons. The van der Waals surface area contributed by atoms with Gasteiger partial charge in [-0.2, -0.15) is 5.26 Å². The Hall–Kier alpha value is -3.66. The van der Waals surface area contributed by atoms with Crippen molar-refractivity contribution in [3.8, 4) is 11.8 Å². The van der Waals surface area contributed by atoms with Crippen LogP contribution in [0, 0.1) is 11.3 Å². The zero-order chi connectivity index (χ0) is 24.2. The molecule has 1 fully saturated rings. The lowest BCUT2D eigenvalue weighted by molar-refractivity contribution is 0.0589. The first-order chi connectivity index (χ1) is 17.2. The Kier molecular flexibility index (Phi) is 6.80. The van der Waals surface area contributed by atoms with E-state index in [0.717, 1.165) is 23.2 Å². The van der Waals surface area contributed by atoms with Crippen molar-refractivity contribution in [2.45, 2.75) is 6.04 Å². The number of rotatable bonds is 5. The summed E-state index contributed by atoms with van der Waals surface area (Å²) >= 11 is 3.46. The van der Waals surface area contributed by atoms with Gasteiger partial charge < -0.3 is 9.47 Å². The van der Waals surface area contributed by atoms with Crippen molar-refractivity contribution in [1.29, 1.82) is 5.26 Å². The molecule has 0 spiro atoms. The largest absolute Gasteiger partial charge is 0.335 e. The van der Waals surface area contributed by atoms with Crippen LogP contribution in [0.4, 0.5) is 0 Å². The van der Waals surface area contributed by atoms with E-state index in [4.69, 9.17) is 0 Å². The van der Waals surface area contributed by atoms with Crippen LogP contribution in [-0.2, 0) is 0 Å². The molecule has 4 aromatic rings. The number of amides is 1. The molecule has 3 aromatic carbocycles. The van der Waals surface area contributed by atoms with Crippen LogP contribution in [0.5, 0.6) is 0 Å². The molecule has 1 aromatic heterocycles. The van der Waals surface area contributed by atoms with Crippen LogP contribution in [0.25, 0.3) is 5.69 Å². The molecule has 0 aliphatic carbocycles. The molecule has 0 N–H and O–H groups in total. The van der Waals surface area contributed by atoms with Crippen LogP contribution in [0.3, 0.4) is 0 Å². The van der Waals surface area contributed by atoms with Gasteiger partial charge >= 0.3 is 0 Å². The van der Waals surface area contributed by atoms with Gasteiger partial charge in [0.2, 0.25) is 0 Å². The molecule has 6 heteroatoms. The Bertz CT molecular complexity index is 1300. The van der Waals surface area contributed by atoms with Crippen molar-refractivity contribution >= 4 is 21.8 Å². The van der Waals surface area contributed by atoms with Crippen molar-refractivity contribution in [1.82, 2.24) is 14.4 Å². The van der Waals surface area contributed by atoms with E-state index in [0.29, 0.717) is 24.3 Å². The monoisotopic (exact) mass is 524 g/mol. The van der Waals surface area contributed by atoms with Crippen molar-refractivity contribution in [3.05, 3.63) is 124 Å². The predicted molar refractivity (Wildman–Crippen MR) is 140 cm³/mol. The van der Waals surface area contributed by atoms with Gasteiger partial charge in [0.05, 0.1) is 11.6 Å². The van der Waals surface area contributed by atoms with Crippen molar-refractivity contribution in [2.75, 3.05) is 26.2 Å². The van der Waals surface area contributed by atoms with E-state index in [1.165, 1.54) is 11.1 Å². The summed E-state index contributed by atoms with van der Waals surface area (Å²) < 4.78 is 2.78. The smallest absolute Gasteiger partial charge is 0.272 e. The lowest BCUT2D eigenvalue weighted by Crippen LogP contribution is -2.50. The second-order valence-corrected chi connectivity index (χ2v) is 9.50. The molecule has 0 atom stereocenters. The van der Waals surface area contributed by atoms with Gasteiger partial charge in [-0.25, -0.2) is 0 Å². The minimum atomic E-state index is -0.106. The molecule has 0 bridgehead atoms. The lowest BCUT2D eigenvalue weighted by atomic mass is 9.96. The highest BCUT2D eigenvalue weighted by Crippen LogP contribution is 2.30. The molecule has 1 saturated heterocycles. The molecule has 0 unspecified atom stereocenters. The fraction of sp³-hybridized carbons (Fsp3) is 0.172. The normalized spacial score (nSPS) is 14.1. The molecule has 1 aliphatic rings. The van der Waals surface area contributed by atoms with E-state index >= 15 is 0 Å². The maximum absolute atomic E-state index is 13.6. The first kappa shape index (κ1) is 23.1. The minimum absolute atomic E-state index is 0.106. The molecule has 35 heavy (non-hydrogen) atoms. The Morgan fingerprint density at radius 3 is 1.91 bits per heavy atom. The zero-order valence-corrected chi connectivity index (χ0v) is 20.8. The van der Waals surface area contributed by atoms with Gasteiger partial charge in [0.15, 0.2) is 0 Å². The third-order valence-corrected chi connectivity index (χ3v) is 7.04. The SMILES string of the molecule is N#Cc1ccn(-c2ccc(Br)cc2)c1C(=O)N1CCN(C(c2ccccc2)c2ccccc2)CC1. The number of hydrogen-bond donors (Lipinski definition) is 0. The molecular weight excluding hydrogens is 500 g/mol. The standard InChI is InChI=1S/C29H25BrN4O/c30-25-11-13-26(14-12-25)34-16-15-24(21-31)28(34)29(35)33-19-17-32(18-20-33)27(22-7-3-1-4-8-22)23-9-5-2-6-10-23/h1-16,27H,17-20H2. The molecule has 0 saturated carbocycles. The van der Waals surface area contributed by atoms with E-state index in [1.807, 2.05) is 45.9 Å². The van der Waals surface area contributed by atoms with Crippen molar-refractivity contribution in [3.63, 3.8) is 0 Å². The lowest BCUT2D eigenvalue weighted by Gasteiger charge is -2.40. The van der Waals surface area contributed by atoms with Gasteiger partial charge in [-0.3, -0.25) is 9.69 Å². The van der Waals surface area contributed by atoms with Crippen molar-refractivity contribution in [2.24, 2.45) is 0 Å². The molecule has 1 aliphatic heterocycles. The molecular formula is C29H25BrN4O. The number of nitriles is 1. The molecule has 5 nitrogen and oxygen atoms in total. The number of piperazine rings is 1. The zero-order valence-electron chi connectivity index (χ0n) is 19.2. The highest BCUT2D eigenvalue weighted by Gasteiger charge is 2.30. The summed E-state index contributed by atoms with van der Waals surface area (Å²) in [5.41, 5.74) is 4.16. The van der Waals surface area contributed by atoms with E-state index < -0.39 is 0 Å². The fourth-order valence-electron chi connectivity index (χ4n) is 4.78. The number of halogens is 1. The summed E-state index contributed by atoms with van der Waals surface area (Å²) in [6.07, 6.45) is 1.80. The Morgan fingerprint density at radius 2 is 1.37 bits per heavy atom. The van der Waals surface area contributed by atoms with E-state index in [9.17, 15) is 10.1 Å². The Morgan fingerprint density at radius 1 is 0.800 bits per heavy atom. The first-order valence-corrected chi connectivity index (χ1v) is 12.5. The van der Waals surface area contributed by atoms with E-state index in [2.05, 4.69) is 75.4 Å². The van der Waals surface area contributed by atoms with Crippen LogP contribution in [0.2, 0.25) is 0 Å². The summed E-state index contributed by atoms with van der Waals surface area (Å²) in [7, 11) is 0. The number of benzene rings is 3. The van der Waals surface area contributed by atoms with Gasteiger partial charge in [-0.15, -0.1) is 0 Å². The topological polar surface area (TPSA) is 52.3 Å². The summed E-state index contributed by atoms with van der Waals surface area (Å²) in [4.78, 5) is 18.0. The van der Waals surface area contributed by atoms with Gasteiger partial charge in [0.1, 0.15) is 11.8 Å². The molecule has 5 rings (SSSR count). The van der Waals surface area contributed by atoms with Gasteiger partial charge in [0, 0.05) is 42.5 Å². The highest BCUT2D eigenvalue weighted by atomic mass is 79.9. The van der Waals surface area contributed by atoms with Crippen LogP contribution in [0.15, 0.2) is 102 Å². The number of carbonyl (C=O) groups is 1. The minimum Gasteiger partial charge on any atom is -0.335 e. The van der Waals surface area contributed by atoms with Gasteiger partial charge in [0.25, 0.3) is 5.91 Å². The van der Waals surface area contributed by atoms with Crippen LogP contribution in [-0.4, -0.2) is 46.5 Å². The second-order valence-electron chi connectivity index (χ2n) is 8.59. The summed E-state index contributed by atoms with van der Waals surface area (Å²) in [5.74, 6) is -0.106. The first-order valence-electron chi connectivity index (χ1n) is 11.7. The summed E-state index contributed by atoms with van der Waals surface area (Å²) in [6.45, 7) is 2.71.